The third-order valence-corrected chi connectivity index (χ3v) is 2.06. The lowest BCUT2D eigenvalue weighted by molar-refractivity contribution is -0.135. The zero-order chi connectivity index (χ0) is 12.8. The molecule has 0 spiro atoms. The fraction of sp³-hybridized carbons (Fsp3) is 0.300. The number of terminal acetylenes is 1. The molecule has 1 aromatic rings. The Balaban J connectivity index is 3.08. The van der Waals surface area contributed by atoms with E-state index in [4.69, 9.17) is 27.9 Å². The van der Waals surface area contributed by atoms with Gasteiger partial charge in [0.15, 0.2) is 5.82 Å². The summed E-state index contributed by atoms with van der Waals surface area (Å²) < 4.78 is 4.84. The molecule has 0 bridgehead atoms. The Hall–Kier alpha value is -2.00. The molecule has 17 heavy (non-hydrogen) atoms. The van der Waals surface area contributed by atoms with Gasteiger partial charge in [0.1, 0.15) is 11.6 Å². The van der Waals surface area contributed by atoms with Gasteiger partial charge in [-0.25, -0.2) is 4.98 Å². The molecule has 1 rings (SSSR count). The molecule has 6 nitrogen and oxygen atoms in total. The third kappa shape index (κ3) is 3.50. The predicted octanol–water partition coefficient (Wildman–Crippen LogP) is 0.663. The summed E-state index contributed by atoms with van der Waals surface area (Å²) in [5, 5.41) is 8.97. The molecule has 0 saturated heterocycles. The maximum Gasteiger partial charge on any atom is 0.323 e. The lowest BCUT2D eigenvalue weighted by Gasteiger charge is -2.19. The highest BCUT2D eigenvalue weighted by atomic mass is 35.5. The van der Waals surface area contributed by atoms with Crippen LogP contribution in [0.5, 0.6) is 6.01 Å². The molecule has 90 valence electrons. The van der Waals surface area contributed by atoms with Crippen LogP contribution in [0.1, 0.15) is 0 Å². The Labute approximate surface area is 103 Å². The van der Waals surface area contributed by atoms with Gasteiger partial charge in [-0.3, -0.25) is 4.79 Å². The van der Waals surface area contributed by atoms with Crippen LogP contribution in [0.2, 0.25) is 5.02 Å². The minimum atomic E-state index is -1.03. The van der Waals surface area contributed by atoms with E-state index in [9.17, 15) is 4.79 Å². The Morgan fingerprint density at radius 2 is 2.47 bits per heavy atom. The van der Waals surface area contributed by atoms with Crippen molar-refractivity contribution < 1.29 is 14.6 Å². The van der Waals surface area contributed by atoms with Crippen molar-refractivity contribution in [1.82, 2.24) is 9.97 Å². The van der Waals surface area contributed by atoms with Crippen molar-refractivity contribution in [1.29, 1.82) is 0 Å². The number of aliphatic carboxylic acids is 1. The summed E-state index contributed by atoms with van der Waals surface area (Å²) in [5.74, 6) is 1.54. The highest BCUT2D eigenvalue weighted by Gasteiger charge is 2.16. The smallest absolute Gasteiger partial charge is 0.323 e. The maximum absolute atomic E-state index is 10.7. The Morgan fingerprint density at radius 3 is 3.00 bits per heavy atom. The van der Waals surface area contributed by atoms with Gasteiger partial charge in [-0.05, 0) is 0 Å². The summed E-state index contributed by atoms with van der Waals surface area (Å²) in [4.78, 5) is 19.8. The topological polar surface area (TPSA) is 75.6 Å². The van der Waals surface area contributed by atoms with E-state index in [1.807, 2.05) is 0 Å². The number of nitrogens with zero attached hydrogens (tertiary/aromatic N) is 3. The van der Waals surface area contributed by atoms with Crippen LogP contribution < -0.4 is 9.64 Å². The lowest BCUT2D eigenvalue weighted by Crippen LogP contribution is -2.31. The first-order chi connectivity index (χ1) is 8.08. The highest BCUT2D eigenvalue weighted by Crippen LogP contribution is 2.23. The third-order valence-electron chi connectivity index (χ3n) is 1.79. The minimum Gasteiger partial charge on any atom is -0.480 e. The number of rotatable bonds is 5. The van der Waals surface area contributed by atoms with Crippen LogP contribution >= 0.6 is 11.6 Å². The van der Waals surface area contributed by atoms with E-state index < -0.39 is 5.97 Å². The van der Waals surface area contributed by atoms with Gasteiger partial charge in [-0.2, -0.15) is 4.98 Å². The number of aromatic nitrogens is 2. The summed E-state index contributed by atoms with van der Waals surface area (Å²) in [7, 11) is 1.40. The standard InChI is InChI=1S/C10H10ClN3O3/c1-3-4-14(6-8(15)16)9-7(11)5-12-10(13-9)17-2/h1,5H,4,6H2,2H3,(H,15,16). The second-order valence-electron chi connectivity index (χ2n) is 2.98. The summed E-state index contributed by atoms with van der Waals surface area (Å²) >= 11 is 5.88. The molecule has 0 saturated carbocycles. The van der Waals surface area contributed by atoms with Crippen LogP contribution in [0.15, 0.2) is 6.20 Å². The second kappa shape index (κ2) is 5.92. The number of halogens is 1. The summed E-state index contributed by atoms with van der Waals surface area (Å²) in [6.07, 6.45) is 6.49. The Kier molecular flexibility index (Phi) is 4.55. The van der Waals surface area contributed by atoms with E-state index in [1.54, 1.807) is 0 Å². The van der Waals surface area contributed by atoms with Crippen LogP contribution in [0, 0.1) is 12.3 Å². The summed E-state index contributed by atoms with van der Waals surface area (Å²) in [5.41, 5.74) is 0. The van der Waals surface area contributed by atoms with Crippen LogP contribution in [-0.4, -0.2) is 41.2 Å². The van der Waals surface area contributed by atoms with Crippen molar-refractivity contribution in [3.05, 3.63) is 11.2 Å². The molecule has 7 heteroatoms. The molecule has 0 aliphatic heterocycles. The molecule has 0 atom stereocenters. The van der Waals surface area contributed by atoms with Crippen molar-refractivity contribution in [2.75, 3.05) is 25.1 Å². The largest absolute Gasteiger partial charge is 0.480 e. The second-order valence-corrected chi connectivity index (χ2v) is 3.39. The normalized spacial score (nSPS) is 9.47. The maximum atomic E-state index is 10.7. The van der Waals surface area contributed by atoms with Gasteiger partial charge in [0.05, 0.1) is 19.9 Å². The van der Waals surface area contributed by atoms with Gasteiger partial charge in [0.25, 0.3) is 0 Å². The molecular formula is C10H10ClN3O3. The molecule has 0 aliphatic rings. The molecule has 0 fully saturated rings. The first kappa shape index (κ1) is 13.1. The first-order valence-corrected chi connectivity index (χ1v) is 4.93. The number of ether oxygens (including phenoxy) is 1. The van der Waals surface area contributed by atoms with E-state index in [2.05, 4.69) is 15.9 Å². The average molecular weight is 256 g/mol. The Bertz CT molecular complexity index is 459. The number of methoxy groups -OCH3 is 1. The molecule has 0 aliphatic carbocycles. The zero-order valence-corrected chi connectivity index (χ0v) is 9.81. The fourth-order valence-corrected chi connectivity index (χ4v) is 1.35. The molecule has 0 radical (unpaired) electrons. The quantitative estimate of drug-likeness (QED) is 0.779. The van der Waals surface area contributed by atoms with Gasteiger partial charge in [0.2, 0.25) is 0 Å². The lowest BCUT2D eigenvalue weighted by atomic mass is 10.4. The van der Waals surface area contributed by atoms with Gasteiger partial charge in [-0.15, -0.1) is 6.42 Å². The van der Waals surface area contributed by atoms with Gasteiger partial charge < -0.3 is 14.7 Å². The van der Waals surface area contributed by atoms with Crippen molar-refractivity contribution in [2.24, 2.45) is 0 Å². The number of carboxylic acids is 1. The van der Waals surface area contributed by atoms with Crippen molar-refractivity contribution in [2.45, 2.75) is 0 Å². The first-order valence-electron chi connectivity index (χ1n) is 4.55. The van der Waals surface area contributed by atoms with E-state index >= 15 is 0 Å². The van der Waals surface area contributed by atoms with E-state index in [1.165, 1.54) is 18.2 Å². The zero-order valence-electron chi connectivity index (χ0n) is 9.05. The summed E-state index contributed by atoms with van der Waals surface area (Å²) in [6, 6.07) is 0.0943. The van der Waals surface area contributed by atoms with Gasteiger partial charge >= 0.3 is 12.0 Å². The number of anilines is 1. The van der Waals surface area contributed by atoms with Crippen molar-refractivity contribution in [3.8, 4) is 18.4 Å². The molecule has 1 heterocycles. The SMILES string of the molecule is C#CCN(CC(=O)O)c1nc(OC)ncc1Cl. The molecule has 1 aromatic heterocycles. The van der Waals surface area contributed by atoms with Gasteiger partial charge in [0, 0.05) is 0 Å². The predicted molar refractivity (Wildman–Crippen MR) is 62.3 cm³/mol. The van der Waals surface area contributed by atoms with Crippen molar-refractivity contribution in [3.63, 3.8) is 0 Å². The van der Waals surface area contributed by atoms with E-state index in [0.717, 1.165) is 0 Å². The fourth-order valence-electron chi connectivity index (χ4n) is 1.14. The van der Waals surface area contributed by atoms with Crippen molar-refractivity contribution >= 4 is 23.4 Å². The summed E-state index contributed by atoms with van der Waals surface area (Å²) in [6.45, 7) is -0.226. The highest BCUT2D eigenvalue weighted by molar-refractivity contribution is 6.32. The monoisotopic (exact) mass is 255 g/mol. The van der Waals surface area contributed by atoms with Crippen LogP contribution in [0.4, 0.5) is 5.82 Å². The van der Waals surface area contributed by atoms with Crippen LogP contribution in [0.3, 0.4) is 0 Å². The Morgan fingerprint density at radius 1 is 1.76 bits per heavy atom. The van der Waals surface area contributed by atoms with E-state index in [0.29, 0.717) is 0 Å². The van der Waals surface area contributed by atoms with E-state index in [-0.39, 0.29) is 29.9 Å². The molecule has 0 unspecified atom stereocenters. The molecule has 0 amide bonds. The van der Waals surface area contributed by atoms with Gasteiger partial charge in [-0.1, -0.05) is 17.5 Å². The molecule has 0 aromatic carbocycles. The molecular weight excluding hydrogens is 246 g/mol. The number of hydrogen-bond donors (Lipinski definition) is 1. The minimum absolute atomic E-state index is 0.0756. The number of carbonyl (C=O) groups is 1. The van der Waals surface area contributed by atoms with Crippen LogP contribution in [-0.2, 0) is 4.79 Å². The molecule has 1 N–H and O–H groups in total. The van der Waals surface area contributed by atoms with Crippen LogP contribution in [0.25, 0.3) is 0 Å². The number of carboxylic acid groups (broad SMARTS) is 1. The average Bonchev–Trinajstić information content (AvgIpc) is 2.28. The number of hydrogen-bond acceptors (Lipinski definition) is 5.